The van der Waals surface area contributed by atoms with Gasteiger partial charge < -0.3 is 9.47 Å². The highest BCUT2D eigenvalue weighted by molar-refractivity contribution is 5.80. The average molecular weight is 298 g/mol. The van der Waals surface area contributed by atoms with Crippen LogP contribution < -0.4 is 5.32 Å². The number of carbonyl (C=O) groups is 1. The predicted molar refractivity (Wildman–Crippen MR) is 82.3 cm³/mol. The van der Waals surface area contributed by atoms with Crippen molar-refractivity contribution in [1.29, 1.82) is 0 Å². The third kappa shape index (κ3) is 5.24. The van der Waals surface area contributed by atoms with E-state index in [-0.39, 0.29) is 5.97 Å². The molecule has 2 fully saturated rings. The quantitative estimate of drug-likeness (QED) is 0.587. The Kier molecular flexibility index (Phi) is 6.02. The molecule has 0 heterocycles. The van der Waals surface area contributed by atoms with Crippen LogP contribution in [-0.2, 0) is 14.3 Å². The summed E-state index contributed by atoms with van der Waals surface area (Å²) in [5, 5.41) is 3.49. The zero-order valence-corrected chi connectivity index (χ0v) is 13.7. The van der Waals surface area contributed by atoms with Gasteiger partial charge in [-0.25, -0.2) is 0 Å². The van der Waals surface area contributed by atoms with Gasteiger partial charge in [-0.3, -0.25) is 15.0 Å². The molecular weight excluding hydrogens is 268 g/mol. The number of nitrogens with one attached hydrogen (secondary N) is 1. The maximum Gasteiger partial charge on any atom is 0.326 e. The van der Waals surface area contributed by atoms with Crippen molar-refractivity contribution >= 4 is 5.97 Å². The molecule has 0 aromatic rings. The van der Waals surface area contributed by atoms with Crippen molar-refractivity contribution in [2.75, 3.05) is 33.4 Å². The van der Waals surface area contributed by atoms with Crippen LogP contribution in [-0.4, -0.2) is 61.9 Å². The summed E-state index contributed by atoms with van der Waals surface area (Å²) in [7, 11) is 1.74. The Hall–Kier alpha value is -0.650. The summed E-state index contributed by atoms with van der Waals surface area (Å²) in [6, 6.07) is 1.18. The zero-order valence-electron chi connectivity index (χ0n) is 13.7. The molecule has 1 unspecified atom stereocenters. The average Bonchev–Trinajstić information content (AvgIpc) is 3.33. The van der Waals surface area contributed by atoms with E-state index < -0.39 is 5.54 Å². The third-order valence-electron chi connectivity index (χ3n) is 4.37. The van der Waals surface area contributed by atoms with Gasteiger partial charge in [0, 0.05) is 32.3 Å². The Morgan fingerprint density at radius 3 is 2.52 bits per heavy atom. The predicted octanol–water partition coefficient (Wildman–Crippen LogP) is 1.56. The van der Waals surface area contributed by atoms with E-state index in [0.29, 0.717) is 18.7 Å². The van der Waals surface area contributed by atoms with Crippen LogP contribution in [0.1, 0.15) is 46.0 Å². The van der Waals surface area contributed by atoms with E-state index in [9.17, 15) is 4.79 Å². The SMILES string of the molecule is CCOC(=O)C(C)(CCN(CCOC)C1CC1)NC1CC1. The van der Waals surface area contributed by atoms with Crippen molar-refractivity contribution in [2.45, 2.75) is 63.6 Å². The van der Waals surface area contributed by atoms with E-state index >= 15 is 0 Å². The molecule has 0 radical (unpaired) electrons. The van der Waals surface area contributed by atoms with Crippen LogP contribution in [0.5, 0.6) is 0 Å². The molecule has 2 saturated carbocycles. The van der Waals surface area contributed by atoms with Gasteiger partial charge in [-0.1, -0.05) is 0 Å². The van der Waals surface area contributed by atoms with Crippen LogP contribution in [0, 0.1) is 0 Å². The van der Waals surface area contributed by atoms with Crippen molar-refractivity contribution in [2.24, 2.45) is 0 Å². The van der Waals surface area contributed by atoms with Gasteiger partial charge in [0.2, 0.25) is 0 Å². The molecule has 0 bridgehead atoms. The number of rotatable bonds is 11. The lowest BCUT2D eigenvalue weighted by Crippen LogP contribution is -2.53. The van der Waals surface area contributed by atoms with E-state index in [2.05, 4.69) is 10.2 Å². The van der Waals surface area contributed by atoms with Gasteiger partial charge in [0.05, 0.1) is 13.2 Å². The molecular formula is C16H30N2O3. The van der Waals surface area contributed by atoms with E-state index in [1.165, 1.54) is 25.7 Å². The monoisotopic (exact) mass is 298 g/mol. The van der Waals surface area contributed by atoms with Crippen molar-refractivity contribution in [3.05, 3.63) is 0 Å². The highest BCUT2D eigenvalue weighted by Gasteiger charge is 2.40. The smallest absolute Gasteiger partial charge is 0.326 e. The minimum atomic E-state index is -0.558. The van der Waals surface area contributed by atoms with E-state index in [4.69, 9.17) is 9.47 Å². The van der Waals surface area contributed by atoms with E-state index in [1.54, 1.807) is 7.11 Å². The van der Waals surface area contributed by atoms with Crippen LogP contribution in [0.15, 0.2) is 0 Å². The first kappa shape index (κ1) is 16.7. The minimum absolute atomic E-state index is 0.112. The molecule has 0 aromatic heterocycles. The first-order chi connectivity index (χ1) is 10.1. The zero-order chi connectivity index (χ0) is 15.3. The molecule has 2 aliphatic carbocycles. The molecule has 0 amide bonds. The lowest BCUT2D eigenvalue weighted by molar-refractivity contribution is -0.151. The van der Waals surface area contributed by atoms with Crippen molar-refractivity contribution < 1.29 is 14.3 Å². The van der Waals surface area contributed by atoms with Gasteiger partial charge >= 0.3 is 5.97 Å². The number of ether oxygens (including phenoxy) is 2. The van der Waals surface area contributed by atoms with Gasteiger partial charge in [-0.05, 0) is 46.0 Å². The van der Waals surface area contributed by atoms with E-state index in [1.807, 2.05) is 13.8 Å². The Balaban J connectivity index is 1.88. The van der Waals surface area contributed by atoms with Gasteiger partial charge in [-0.15, -0.1) is 0 Å². The summed E-state index contributed by atoms with van der Waals surface area (Å²) in [5.74, 6) is -0.112. The lowest BCUT2D eigenvalue weighted by atomic mass is 9.97. The first-order valence-corrected chi connectivity index (χ1v) is 8.27. The molecule has 0 aliphatic heterocycles. The summed E-state index contributed by atoms with van der Waals surface area (Å²) in [6.07, 6.45) is 5.68. The summed E-state index contributed by atoms with van der Waals surface area (Å²) in [4.78, 5) is 14.8. The van der Waals surface area contributed by atoms with Crippen LogP contribution in [0.4, 0.5) is 0 Å². The topological polar surface area (TPSA) is 50.8 Å². The largest absolute Gasteiger partial charge is 0.465 e. The molecule has 0 saturated heterocycles. The maximum absolute atomic E-state index is 12.3. The molecule has 21 heavy (non-hydrogen) atoms. The van der Waals surface area contributed by atoms with Gasteiger partial charge in [0.1, 0.15) is 5.54 Å². The number of hydrogen-bond donors (Lipinski definition) is 1. The molecule has 2 aliphatic rings. The highest BCUT2D eigenvalue weighted by Crippen LogP contribution is 2.29. The van der Waals surface area contributed by atoms with Crippen LogP contribution in [0.2, 0.25) is 0 Å². The molecule has 122 valence electrons. The lowest BCUT2D eigenvalue weighted by Gasteiger charge is -2.32. The normalized spacial score (nSPS) is 21.3. The minimum Gasteiger partial charge on any atom is -0.465 e. The molecule has 5 heteroatoms. The highest BCUT2D eigenvalue weighted by atomic mass is 16.5. The van der Waals surface area contributed by atoms with Crippen molar-refractivity contribution in [1.82, 2.24) is 10.2 Å². The molecule has 5 nitrogen and oxygen atoms in total. The van der Waals surface area contributed by atoms with Crippen LogP contribution in [0.3, 0.4) is 0 Å². The molecule has 0 aromatic carbocycles. The first-order valence-electron chi connectivity index (χ1n) is 8.27. The number of methoxy groups -OCH3 is 1. The third-order valence-corrected chi connectivity index (χ3v) is 4.37. The van der Waals surface area contributed by atoms with Crippen molar-refractivity contribution in [3.63, 3.8) is 0 Å². The molecule has 1 N–H and O–H groups in total. The fraction of sp³-hybridized carbons (Fsp3) is 0.938. The Morgan fingerprint density at radius 2 is 2.00 bits per heavy atom. The second kappa shape index (κ2) is 7.56. The number of carbonyl (C=O) groups excluding carboxylic acids is 1. The Bertz CT molecular complexity index is 342. The summed E-state index contributed by atoms with van der Waals surface area (Å²) in [6.45, 7) is 6.92. The van der Waals surface area contributed by atoms with Crippen LogP contribution >= 0.6 is 0 Å². The van der Waals surface area contributed by atoms with Gasteiger partial charge in [0.25, 0.3) is 0 Å². The molecule has 0 spiro atoms. The Labute approximate surface area is 128 Å². The summed E-state index contributed by atoms with van der Waals surface area (Å²) in [5.41, 5.74) is -0.558. The summed E-state index contributed by atoms with van der Waals surface area (Å²) >= 11 is 0. The van der Waals surface area contributed by atoms with E-state index in [0.717, 1.165) is 26.1 Å². The summed E-state index contributed by atoms with van der Waals surface area (Å²) < 4.78 is 10.5. The number of hydrogen-bond acceptors (Lipinski definition) is 5. The molecule has 2 rings (SSSR count). The second-order valence-electron chi connectivity index (χ2n) is 6.48. The van der Waals surface area contributed by atoms with Gasteiger partial charge in [-0.2, -0.15) is 0 Å². The maximum atomic E-state index is 12.3. The second-order valence-corrected chi connectivity index (χ2v) is 6.48. The standard InChI is InChI=1S/C16H30N2O3/c1-4-21-15(19)16(2,17-13-5-6-13)9-10-18(11-12-20-3)14-7-8-14/h13-14,17H,4-12H2,1-3H3. The number of nitrogens with zero attached hydrogens (tertiary/aromatic N) is 1. The fourth-order valence-corrected chi connectivity index (χ4v) is 2.69. The fourth-order valence-electron chi connectivity index (χ4n) is 2.69. The van der Waals surface area contributed by atoms with Gasteiger partial charge in [0.15, 0.2) is 0 Å². The Morgan fingerprint density at radius 1 is 1.29 bits per heavy atom. The van der Waals surface area contributed by atoms with Crippen LogP contribution in [0.25, 0.3) is 0 Å². The van der Waals surface area contributed by atoms with Crippen molar-refractivity contribution in [3.8, 4) is 0 Å². The number of esters is 1. The molecule has 1 atom stereocenters.